The minimum absolute atomic E-state index is 0.154. The van der Waals surface area contributed by atoms with Crippen LogP contribution >= 0.6 is 0 Å². The summed E-state index contributed by atoms with van der Waals surface area (Å²) in [5, 5.41) is 11.8. The molecule has 1 aromatic carbocycles. The van der Waals surface area contributed by atoms with Gasteiger partial charge in [-0.2, -0.15) is 0 Å². The molecule has 0 bridgehead atoms. The number of carboxylic acids is 1. The lowest BCUT2D eigenvalue weighted by Gasteiger charge is -2.22. The molecule has 0 spiro atoms. The molecule has 1 fully saturated rings. The van der Waals surface area contributed by atoms with Gasteiger partial charge in [0.1, 0.15) is 6.04 Å². The molecule has 1 aliphatic carbocycles. The summed E-state index contributed by atoms with van der Waals surface area (Å²) in [6.45, 7) is 3.56. The number of nitrogens with one attached hydrogen (secondary N) is 1. The van der Waals surface area contributed by atoms with Gasteiger partial charge < -0.3 is 16.2 Å². The molecule has 0 aromatic heterocycles. The number of anilines is 1. The van der Waals surface area contributed by atoms with Crippen molar-refractivity contribution in [1.29, 1.82) is 0 Å². The lowest BCUT2D eigenvalue weighted by atomic mass is 9.93. The minimum Gasteiger partial charge on any atom is -0.480 e. The van der Waals surface area contributed by atoms with Crippen LogP contribution in [0.3, 0.4) is 0 Å². The zero-order chi connectivity index (χ0) is 14.9. The van der Waals surface area contributed by atoms with Crippen LogP contribution in [0.1, 0.15) is 32.3 Å². The highest BCUT2D eigenvalue weighted by Gasteiger charge is 2.52. The van der Waals surface area contributed by atoms with Crippen LogP contribution in [0.4, 0.5) is 5.69 Å². The van der Waals surface area contributed by atoms with Crippen LogP contribution in [0, 0.1) is 5.92 Å². The van der Waals surface area contributed by atoms with Gasteiger partial charge in [-0.05, 0) is 36.5 Å². The van der Waals surface area contributed by atoms with Gasteiger partial charge in [0.05, 0.1) is 5.41 Å². The molecule has 4 N–H and O–H groups in total. The number of hydrogen-bond donors (Lipinski definition) is 3. The lowest BCUT2D eigenvalue weighted by molar-refractivity contribution is -0.143. The van der Waals surface area contributed by atoms with Gasteiger partial charge in [-0.3, -0.25) is 4.79 Å². The first-order chi connectivity index (χ1) is 9.36. The summed E-state index contributed by atoms with van der Waals surface area (Å²) in [5.41, 5.74) is 6.62. The van der Waals surface area contributed by atoms with Crippen LogP contribution in [0.15, 0.2) is 24.3 Å². The fourth-order valence-electron chi connectivity index (χ4n) is 2.37. The Labute approximate surface area is 118 Å². The van der Waals surface area contributed by atoms with Crippen molar-refractivity contribution >= 4 is 17.6 Å². The minimum atomic E-state index is -0.999. The van der Waals surface area contributed by atoms with Crippen LogP contribution in [0.2, 0.25) is 0 Å². The Balaban J connectivity index is 2.16. The topological polar surface area (TPSA) is 92.4 Å². The van der Waals surface area contributed by atoms with Gasteiger partial charge in [-0.25, -0.2) is 4.79 Å². The third-order valence-electron chi connectivity index (χ3n) is 3.87. The van der Waals surface area contributed by atoms with Crippen molar-refractivity contribution < 1.29 is 14.7 Å². The van der Waals surface area contributed by atoms with Crippen molar-refractivity contribution in [3.63, 3.8) is 0 Å². The quantitative estimate of drug-likeness (QED) is 0.711. The highest BCUT2D eigenvalue weighted by Crippen LogP contribution is 2.48. The summed E-state index contributed by atoms with van der Waals surface area (Å²) in [4.78, 5) is 23.6. The van der Waals surface area contributed by atoms with Gasteiger partial charge in [0.25, 0.3) is 0 Å². The van der Waals surface area contributed by atoms with Gasteiger partial charge in [-0.15, -0.1) is 0 Å². The molecule has 5 nitrogen and oxygen atoms in total. The van der Waals surface area contributed by atoms with E-state index in [1.807, 2.05) is 12.1 Å². The molecule has 1 aromatic rings. The number of carbonyl (C=O) groups is 2. The van der Waals surface area contributed by atoms with E-state index in [1.165, 1.54) is 0 Å². The summed E-state index contributed by atoms with van der Waals surface area (Å²) in [6, 6.07) is 6.36. The Morgan fingerprint density at radius 1 is 1.25 bits per heavy atom. The first kappa shape index (κ1) is 14.4. The van der Waals surface area contributed by atoms with Crippen LogP contribution < -0.4 is 11.1 Å². The third-order valence-corrected chi connectivity index (χ3v) is 3.87. The molecule has 5 heteroatoms. The molecule has 1 saturated carbocycles. The second-order valence-corrected chi connectivity index (χ2v) is 5.74. The molecule has 108 valence electrons. The van der Waals surface area contributed by atoms with E-state index in [9.17, 15) is 9.59 Å². The first-order valence-corrected chi connectivity index (χ1v) is 6.76. The van der Waals surface area contributed by atoms with E-state index in [-0.39, 0.29) is 11.8 Å². The van der Waals surface area contributed by atoms with E-state index < -0.39 is 17.4 Å². The fraction of sp³-hybridized carbons (Fsp3) is 0.467. The maximum atomic E-state index is 12.4. The Bertz CT molecular complexity index is 518. The molecule has 0 radical (unpaired) electrons. The standard InChI is InChI=1S/C15H20N2O3/c1-9(2)12(13(18)19)17-14(20)15(7-8-15)10-3-5-11(16)6-4-10/h3-6,9,12H,7-8,16H2,1-2H3,(H,17,20)(H,18,19)/t12-/m1/s1. The Hall–Kier alpha value is -2.04. The van der Waals surface area contributed by atoms with Crippen molar-refractivity contribution in [3.8, 4) is 0 Å². The monoisotopic (exact) mass is 276 g/mol. The fourth-order valence-corrected chi connectivity index (χ4v) is 2.37. The van der Waals surface area contributed by atoms with E-state index in [2.05, 4.69) is 5.32 Å². The van der Waals surface area contributed by atoms with Crippen molar-refractivity contribution in [1.82, 2.24) is 5.32 Å². The number of hydrogen-bond acceptors (Lipinski definition) is 3. The van der Waals surface area contributed by atoms with Crippen LogP contribution in [-0.2, 0) is 15.0 Å². The summed E-state index contributed by atoms with van der Waals surface area (Å²) in [6.07, 6.45) is 1.49. The number of aliphatic carboxylic acids is 1. The first-order valence-electron chi connectivity index (χ1n) is 6.76. The predicted molar refractivity (Wildman–Crippen MR) is 76.2 cm³/mol. The molecule has 1 atom stereocenters. The zero-order valence-electron chi connectivity index (χ0n) is 11.7. The maximum Gasteiger partial charge on any atom is 0.326 e. The summed E-state index contributed by atoms with van der Waals surface area (Å²) in [5.74, 6) is -1.36. The zero-order valence-corrected chi connectivity index (χ0v) is 11.7. The van der Waals surface area contributed by atoms with Crippen LogP contribution in [0.25, 0.3) is 0 Å². The van der Waals surface area contributed by atoms with E-state index in [0.29, 0.717) is 5.69 Å². The Kier molecular flexibility index (Phi) is 3.70. The normalized spacial score (nSPS) is 17.6. The van der Waals surface area contributed by atoms with Crippen molar-refractivity contribution in [2.75, 3.05) is 5.73 Å². The van der Waals surface area contributed by atoms with Crippen molar-refractivity contribution in [2.45, 2.75) is 38.1 Å². The molecule has 20 heavy (non-hydrogen) atoms. The number of rotatable bonds is 5. The molecule has 0 saturated heterocycles. The van der Waals surface area contributed by atoms with Crippen molar-refractivity contribution in [3.05, 3.63) is 29.8 Å². The predicted octanol–water partition coefficient (Wildman–Crippen LogP) is 1.53. The number of amides is 1. The maximum absolute atomic E-state index is 12.4. The lowest BCUT2D eigenvalue weighted by Crippen LogP contribution is -2.48. The average molecular weight is 276 g/mol. The second-order valence-electron chi connectivity index (χ2n) is 5.74. The SMILES string of the molecule is CC(C)[C@@H](NC(=O)C1(c2ccc(N)cc2)CC1)C(=O)O. The van der Waals surface area contributed by atoms with E-state index in [1.54, 1.807) is 26.0 Å². The van der Waals surface area contributed by atoms with Gasteiger partial charge in [0.2, 0.25) is 5.91 Å². The largest absolute Gasteiger partial charge is 0.480 e. The van der Waals surface area contributed by atoms with Crippen LogP contribution in [0.5, 0.6) is 0 Å². The summed E-state index contributed by atoms with van der Waals surface area (Å²) in [7, 11) is 0. The van der Waals surface area contributed by atoms with Crippen LogP contribution in [-0.4, -0.2) is 23.0 Å². The van der Waals surface area contributed by atoms with E-state index in [4.69, 9.17) is 10.8 Å². The van der Waals surface area contributed by atoms with Gasteiger partial charge in [0.15, 0.2) is 0 Å². The van der Waals surface area contributed by atoms with E-state index >= 15 is 0 Å². The Morgan fingerprint density at radius 3 is 2.20 bits per heavy atom. The van der Waals surface area contributed by atoms with E-state index in [0.717, 1.165) is 18.4 Å². The summed E-state index contributed by atoms with van der Waals surface area (Å²) >= 11 is 0. The Morgan fingerprint density at radius 2 is 1.80 bits per heavy atom. The number of carboxylic acid groups (broad SMARTS) is 1. The highest BCUT2D eigenvalue weighted by molar-refractivity contribution is 5.94. The molecular formula is C15H20N2O3. The molecule has 2 rings (SSSR count). The number of nitrogens with two attached hydrogens (primary N) is 1. The highest BCUT2D eigenvalue weighted by atomic mass is 16.4. The molecule has 1 aliphatic rings. The number of carbonyl (C=O) groups excluding carboxylic acids is 1. The third kappa shape index (κ3) is 2.61. The molecule has 0 unspecified atom stereocenters. The molecule has 0 heterocycles. The van der Waals surface area contributed by atoms with Gasteiger partial charge >= 0.3 is 5.97 Å². The van der Waals surface area contributed by atoms with Crippen molar-refractivity contribution in [2.24, 2.45) is 5.92 Å². The number of benzene rings is 1. The second kappa shape index (κ2) is 5.15. The molecule has 1 amide bonds. The smallest absolute Gasteiger partial charge is 0.326 e. The molecule has 0 aliphatic heterocycles. The van der Waals surface area contributed by atoms with Gasteiger partial charge in [-0.1, -0.05) is 26.0 Å². The molecular weight excluding hydrogens is 256 g/mol. The van der Waals surface area contributed by atoms with Gasteiger partial charge in [0, 0.05) is 5.69 Å². The number of nitrogen functional groups attached to an aromatic ring is 1. The summed E-state index contributed by atoms with van der Waals surface area (Å²) < 4.78 is 0. The average Bonchev–Trinajstić information content (AvgIpc) is 3.17.